The first-order valence-corrected chi connectivity index (χ1v) is 7.12. The molecule has 1 aromatic heterocycles. The van der Waals surface area contributed by atoms with Crippen LogP contribution < -0.4 is 5.73 Å². The van der Waals surface area contributed by atoms with Crippen LogP contribution in [0, 0.1) is 0 Å². The van der Waals surface area contributed by atoms with Gasteiger partial charge >= 0.3 is 0 Å². The highest BCUT2D eigenvalue weighted by atomic mass is 79.9. The van der Waals surface area contributed by atoms with Crippen molar-refractivity contribution in [1.29, 1.82) is 0 Å². The van der Waals surface area contributed by atoms with Crippen LogP contribution in [0.3, 0.4) is 0 Å². The second kappa shape index (κ2) is 5.54. The van der Waals surface area contributed by atoms with Gasteiger partial charge in [-0.1, -0.05) is 15.9 Å². The van der Waals surface area contributed by atoms with Crippen LogP contribution in [0.4, 0.5) is 5.69 Å². The zero-order valence-corrected chi connectivity index (χ0v) is 12.3. The average Bonchev–Trinajstić information content (AvgIpc) is 2.79. The fourth-order valence-corrected chi connectivity index (χ4v) is 2.86. The molecule has 0 bridgehead atoms. The smallest absolute Gasteiger partial charge is 0.254 e. The molecular formula is C13H13BrN2OS. The Kier molecular flexibility index (Phi) is 4.04. The zero-order valence-electron chi connectivity index (χ0n) is 9.89. The first-order chi connectivity index (χ1) is 8.56. The number of carbonyl (C=O) groups excluding carboxylic acids is 1. The van der Waals surface area contributed by atoms with E-state index < -0.39 is 0 Å². The fraction of sp³-hybridized carbons (Fsp3) is 0.154. The lowest BCUT2D eigenvalue weighted by atomic mass is 10.1. The molecule has 0 spiro atoms. The van der Waals surface area contributed by atoms with Crippen LogP contribution in [0.15, 0.2) is 39.5 Å². The number of hydrogen-bond acceptors (Lipinski definition) is 3. The Balaban J connectivity index is 2.15. The summed E-state index contributed by atoms with van der Waals surface area (Å²) >= 11 is 4.97. The van der Waals surface area contributed by atoms with Gasteiger partial charge in [0.25, 0.3) is 5.91 Å². The van der Waals surface area contributed by atoms with Crippen LogP contribution in [-0.4, -0.2) is 17.9 Å². The first-order valence-electron chi connectivity index (χ1n) is 5.39. The lowest BCUT2D eigenvalue weighted by molar-refractivity contribution is 0.0785. The van der Waals surface area contributed by atoms with Crippen LogP contribution in [0.25, 0.3) is 0 Å². The number of anilines is 1. The number of halogens is 1. The molecule has 5 heteroatoms. The molecule has 1 aromatic carbocycles. The molecule has 0 saturated carbocycles. The van der Waals surface area contributed by atoms with Gasteiger partial charge in [-0.25, -0.2) is 0 Å². The summed E-state index contributed by atoms with van der Waals surface area (Å²) in [6, 6.07) is 7.26. The maximum absolute atomic E-state index is 12.2. The highest BCUT2D eigenvalue weighted by Crippen LogP contribution is 2.19. The molecule has 0 aliphatic heterocycles. The lowest BCUT2D eigenvalue weighted by Crippen LogP contribution is -2.26. The number of nitrogens with zero attached hydrogens (tertiary/aromatic N) is 1. The summed E-state index contributed by atoms with van der Waals surface area (Å²) in [5.74, 6) is -0.0331. The third-order valence-corrected chi connectivity index (χ3v) is 3.70. The topological polar surface area (TPSA) is 46.3 Å². The van der Waals surface area contributed by atoms with E-state index in [1.807, 2.05) is 16.8 Å². The predicted octanol–water partition coefficient (Wildman–Crippen LogP) is 3.37. The van der Waals surface area contributed by atoms with E-state index in [1.165, 1.54) is 0 Å². The minimum absolute atomic E-state index is 0.0331. The van der Waals surface area contributed by atoms with E-state index in [2.05, 4.69) is 15.9 Å². The predicted molar refractivity (Wildman–Crippen MR) is 78.7 cm³/mol. The van der Waals surface area contributed by atoms with Crippen LogP contribution in [0.2, 0.25) is 0 Å². The SMILES string of the molecule is CN(Cc1ccsc1)C(=O)c1cc(N)cc(Br)c1. The Morgan fingerprint density at radius 1 is 1.44 bits per heavy atom. The van der Waals surface area contributed by atoms with Crippen molar-refractivity contribution in [3.63, 3.8) is 0 Å². The first kappa shape index (κ1) is 13.1. The van der Waals surface area contributed by atoms with Crippen molar-refractivity contribution in [2.45, 2.75) is 6.54 Å². The minimum atomic E-state index is -0.0331. The summed E-state index contributed by atoms with van der Waals surface area (Å²) < 4.78 is 0.815. The molecule has 0 saturated heterocycles. The number of nitrogen functional groups attached to an aromatic ring is 1. The molecule has 94 valence electrons. The Morgan fingerprint density at radius 2 is 2.22 bits per heavy atom. The molecule has 3 nitrogen and oxygen atoms in total. The van der Waals surface area contributed by atoms with Crippen LogP contribution in [0.5, 0.6) is 0 Å². The standard InChI is InChI=1S/C13H13BrN2OS/c1-16(7-9-2-3-18-8-9)13(17)10-4-11(14)6-12(15)5-10/h2-6,8H,7,15H2,1H3. The average molecular weight is 325 g/mol. The van der Waals surface area contributed by atoms with Gasteiger partial charge in [-0.3, -0.25) is 4.79 Å². The largest absolute Gasteiger partial charge is 0.399 e. The zero-order chi connectivity index (χ0) is 13.1. The Labute approximate surface area is 118 Å². The number of amides is 1. The van der Waals surface area contributed by atoms with Crippen molar-refractivity contribution in [2.24, 2.45) is 0 Å². The second-order valence-corrected chi connectivity index (χ2v) is 5.76. The third kappa shape index (κ3) is 3.11. The number of nitrogens with two attached hydrogens (primary N) is 1. The van der Waals surface area contributed by atoms with Gasteiger partial charge in [-0.05, 0) is 40.6 Å². The molecule has 0 atom stereocenters. The van der Waals surface area contributed by atoms with Gasteiger partial charge in [-0.15, -0.1) is 0 Å². The van der Waals surface area contributed by atoms with Gasteiger partial charge in [0.2, 0.25) is 0 Å². The molecule has 0 unspecified atom stereocenters. The van der Waals surface area contributed by atoms with E-state index in [1.54, 1.807) is 41.5 Å². The normalized spacial score (nSPS) is 10.3. The van der Waals surface area contributed by atoms with E-state index in [0.29, 0.717) is 17.8 Å². The van der Waals surface area contributed by atoms with E-state index in [-0.39, 0.29) is 5.91 Å². The van der Waals surface area contributed by atoms with Gasteiger partial charge < -0.3 is 10.6 Å². The summed E-state index contributed by atoms with van der Waals surface area (Å²) in [6.45, 7) is 0.606. The van der Waals surface area contributed by atoms with E-state index in [0.717, 1.165) is 10.0 Å². The van der Waals surface area contributed by atoms with Gasteiger partial charge in [0.15, 0.2) is 0 Å². The maximum Gasteiger partial charge on any atom is 0.254 e. The fourth-order valence-electron chi connectivity index (χ4n) is 1.68. The number of carbonyl (C=O) groups is 1. The van der Waals surface area contributed by atoms with Crippen molar-refractivity contribution < 1.29 is 4.79 Å². The molecule has 0 fully saturated rings. The third-order valence-electron chi connectivity index (χ3n) is 2.51. The highest BCUT2D eigenvalue weighted by Gasteiger charge is 2.13. The van der Waals surface area contributed by atoms with Crippen LogP contribution >= 0.6 is 27.3 Å². The van der Waals surface area contributed by atoms with Gasteiger partial charge in [0.1, 0.15) is 0 Å². The molecule has 0 aliphatic carbocycles. The summed E-state index contributed by atoms with van der Waals surface area (Å²) in [6.07, 6.45) is 0. The molecule has 0 radical (unpaired) electrons. The summed E-state index contributed by atoms with van der Waals surface area (Å²) in [7, 11) is 1.79. The van der Waals surface area contributed by atoms with Gasteiger partial charge in [0, 0.05) is 29.3 Å². The Morgan fingerprint density at radius 3 is 2.83 bits per heavy atom. The molecule has 2 aromatic rings. The van der Waals surface area contributed by atoms with Crippen LogP contribution in [-0.2, 0) is 6.54 Å². The number of rotatable bonds is 3. The highest BCUT2D eigenvalue weighted by molar-refractivity contribution is 9.10. The molecule has 2 rings (SSSR count). The van der Waals surface area contributed by atoms with Crippen molar-refractivity contribution in [3.8, 4) is 0 Å². The quantitative estimate of drug-likeness (QED) is 0.880. The second-order valence-electron chi connectivity index (χ2n) is 4.07. The number of hydrogen-bond donors (Lipinski definition) is 1. The van der Waals surface area contributed by atoms with E-state index in [4.69, 9.17) is 5.73 Å². The Bertz CT molecular complexity index is 534. The van der Waals surface area contributed by atoms with E-state index in [9.17, 15) is 4.79 Å². The van der Waals surface area contributed by atoms with Gasteiger partial charge in [0.05, 0.1) is 0 Å². The number of benzene rings is 1. The summed E-state index contributed by atoms with van der Waals surface area (Å²) in [5.41, 5.74) is 8.05. The molecule has 1 heterocycles. The molecule has 2 N–H and O–H groups in total. The maximum atomic E-state index is 12.2. The van der Waals surface area contributed by atoms with Crippen LogP contribution in [0.1, 0.15) is 15.9 Å². The molecular weight excluding hydrogens is 312 g/mol. The minimum Gasteiger partial charge on any atom is -0.399 e. The number of thiophene rings is 1. The van der Waals surface area contributed by atoms with Gasteiger partial charge in [-0.2, -0.15) is 11.3 Å². The lowest BCUT2D eigenvalue weighted by Gasteiger charge is -2.17. The van der Waals surface area contributed by atoms with Crippen molar-refractivity contribution >= 4 is 38.9 Å². The molecule has 18 heavy (non-hydrogen) atoms. The van der Waals surface area contributed by atoms with Crippen molar-refractivity contribution in [1.82, 2.24) is 4.90 Å². The van der Waals surface area contributed by atoms with Crippen molar-refractivity contribution in [3.05, 3.63) is 50.6 Å². The summed E-state index contributed by atoms with van der Waals surface area (Å²) in [5, 5.41) is 4.05. The van der Waals surface area contributed by atoms with E-state index >= 15 is 0 Å². The molecule has 0 aliphatic rings. The molecule has 1 amide bonds. The monoisotopic (exact) mass is 324 g/mol. The van der Waals surface area contributed by atoms with Crippen molar-refractivity contribution in [2.75, 3.05) is 12.8 Å². The Hall–Kier alpha value is -1.33. The summed E-state index contributed by atoms with van der Waals surface area (Å²) in [4.78, 5) is 13.9.